The molecule has 4 saturated heterocycles. The molecule has 4 fully saturated rings. The Hall–Kier alpha value is -4.89. The number of piperidine rings is 2. The number of benzene rings is 2. The molecule has 4 unspecified atom stereocenters. The van der Waals surface area contributed by atoms with Crippen LogP contribution < -0.4 is 21.1 Å². The van der Waals surface area contributed by atoms with Crippen LogP contribution in [0.1, 0.15) is 74.7 Å². The summed E-state index contributed by atoms with van der Waals surface area (Å²) in [7, 11) is 3.71. The summed E-state index contributed by atoms with van der Waals surface area (Å²) in [5.74, 6) is -1.79. The van der Waals surface area contributed by atoms with E-state index in [2.05, 4.69) is 60.6 Å². The third kappa shape index (κ3) is 6.43. The van der Waals surface area contributed by atoms with Gasteiger partial charge in [0.05, 0.1) is 23.0 Å². The number of likely N-dealkylation sites (tertiary alicyclic amines) is 2. The van der Waals surface area contributed by atoms with E-state index in [0.29, 0.717) is 28.8 Å². The van der Waals surface area contributed by atoms with E-state index >= 15 is 0 Å². The maximum absolute atomic E-state index is 13.7. The molecule has 8 rings (SSSR count). The Morgan fingerprint density at radius 3 is 2.47 bits per heavy atom. The van der Waals surface area contributed by atoms with E-state index in [1.807, 2.05) is 23.1 Å². The highest BCUT2D eigenvalue weighted by molar-refractivity contribution is 9.10. The zero-order valence-corrected chi connectivity index (χ0v) is 31.2. The zero-order valence-electron chi connectivity index (χ0n) is 29.6. The van der Waals surface area contributed by atoms with Crippen molar-refractivity contribution < 1.29 is 24.0 Å². The fourth-order valence-corrected chi connectivity index (χ4v) is 9.30. The second-order valence-corrected chi connectivity index (χ2v) is 16.0. The molecule has 5 aliphatic rings. The lowest BCUT2D eigenvalue weighted by Crippen LogP contribution is -2.54. The molecule has 6 heterocycles. The molecular weight excluding hydrogens is 744 g/mol. The van der Waals surface area contributed by atoms with Crippen molar-refractivity contribution in [2.45, 2.75) is 50.1 Å². The van der Waals surface area contributed by atoms with Crippen molar-refractivity contribution in [3.05, 3.63) is 85.7 Å². The molecule has 15 heteroatoms. The van der Waals surface area contributed by atoms with E-state index in [0.717, 1.165) is 56.0 Å². The molecule has 14 nitrogen and oxygen atoms in total. The van der Waals surface area contributed by atoms with Gasteiger partial charge in [-0.25, -0.2) is 4.68 Å². The summed E-state index contributed by atoms with van der Waals surface area (Å²) in [5.41, 5.74) is 3.60. The van der Waals surface area contributed by atoms with Crippen LogP contribution in [-0.4, -0.2) is 112 Å². The number of anilines is 2. The molecule has 2 N–H and O–H groups in total. The monoisotopic (exact) mass is 784 g/mol. The molecule has 4 atom stereocenters. The van der Waals surface area contributed by atoms with Crippen LogP contribution in [0.5, 0.6) is 0 Å². The minimum absolute atomic E-state index is 0.0189. The van der Waals surface area contributed by atoms with Crippen LogP contribution >= 0.6 is 15.9 Å². The van der Waals surface area contributed by atoms with Crippen molar-refractivity contribution in [1.82, 2.24) is 29.8 Å². The van der Waals surface area contributed by atoms with Gasteiger partial charge in [0.25, 0.3) is 23.3 Å². The molecular formula is C38H41BrN8O6. The first kappa shape index (κ1) is 35.2. The molecule has 53 heavy (non-hydrogen) atoms. The normalized spacial score (nSPS) is 26.1. The number of fused-ring (bicyclic) bond motifs is 1. The zero-order chi connectivity index (χ0) is 37.2. The van der Waals surface area contributed by atoms with E-state index in [1.165, 1.54) is 10.2 Å². The second kappa shape index (κ2) is 13.5. The van der Waals surface area contributed by atoms with Gasteiger partial charge >= 0.3 is 0 Å². The number of hydrogen-bond acceptors (Lipinski definition) is 10. The van der Waals surface area contributed by atoms with Gasteiger partial charge in [-0.1, -0.05) is 12.1 Å². The van der Waals surface area contributed by atoms with Crippen LogP contribution in [0, 0.1) is 5.41 Å². The number of aryl methyl sites for hydroxylation is 1. The molecule has 0 aliphatic carbocycles. The number of rotatable bonds is 6. The average Bonchev–Trinajstić information content (AvgIpc) is 3.84. The van der Waals surface area contributed by atoms with E-state index in [4.69, 9.17) is 0 Å². The van der Waals surface area contributed by atoms with Crippen molar-refractivity contribution in [3.63, 3.8) is 0 Å². The summed E-state index contributed by atoms with van der Waals surface area (Å²) in [4.78, 5) is 84.2. The Kier molecular flexibility index (Phi) is 8.96. The lowest BCUT2D eigenvalue weighted by molar-refractivity contribution is -0.136. The van der Waals surface area contributed by atoms with Crippen LogP contribution in [0.2, 0.25) is 0 Å². The number of carbonyl (C=O) groups is 5. The standard InChI is InChI=1S/C38H41BrN8O6/c1-43-18-24(15-25(19-43)41-29-17-40-44(2)37(53)32(29)39)22-3-5-23(6-4-22)34(50)46-14-12-38(21-46)11-13-45(20-38)26-7-8-27-28(16-26)36(52)47(35(27)51)30-9-10-31(48)42-33(30)49/h3-8,16-17,24-25,30,41H,9-15,18-21H2,1-2H3,(H,42,48,49). The molecule has 0 radical (unpaired) electrons. The first-order chi connectivity index (χ1) is 25.4. The molecule has 0 saturated carbocycles. The Bertz CT molecular complexity index is 2100. The summed E-state index contributed by atoms with van der Waals surface area (Å²) in [5, 5.41) is 9.89. The van der Waals surface area contributed by atoms with Crippen molar-refractivity contribution in [2.24, 2.45) is 12.5 Å². The van der Waals surface area contributed by atoms with Crippen molar-refractivity contribution in [3.8, 4) is 0 Å². The van der Waals surface area contributed by atoms with Gasteiger partial charge in [0.15, 0.2) is 0 Å². The number of amides is 5. The minimum Gasteiger partial charge on any atom is -0.379 e. The number of hydrogen-bond donors (Lipinski definition) is 2. The molecule has 5 aliphatic heterocycles. The van der Waals surface area contributed by atoms with Crippen LogP contribution in [0.15, 0.2) is 57.9 Å². The average molecular weight is 786 g/mol. The Morgan fingerprint density at radius 1 is 0.943 bits per heavy atom. The second-order valence-electron chi connectivity index (χ2n) is 15.2. The highest BCUT2D eigenvalue weighted by atomic mass is 79.9. The maximum atomic E-state index is 13.7. The summed E-state index contributed by atoms with van der Waals surface area (Å²) in [6, 6.07) is 12.3. The third-order valence-corrected chi connectivity index (χ3v) is 12.4. The molecule has 5 amide bonds. The predicted molar refractivity (Wildman–Crippen MR) is 199 cm³/mol. The van der Waals surface area contributed by atoms with Crippen molar-refractivity contribution in [2.75, 3.05) is 56.5 Å². The molecule has 2 aromatic carbocycles. The topological polar surface area (TPSA) is 157 Å². The van der Waals surface area contributed by atoms with E-state index in [-0.39, 0.29) is 52.8 Å². The summed E-state index contributed by atoms with van der Waals surface area (Å²) >= 11 is 3.42. The Balaban J connectivity index is 0.893. The lowest BCUT2D eigenvalue weighted by atomic mass is 9.86. The van der Waals surface area contributed by atoms with Gasteiger partial charge in [0, 0.05) is 75.4 Å². The van der Waals surface area contributed by atoms with Crippen molar-refractivity contribution in [1.29, 1.82) is 0 Å². The number of imide groups is 2. The molecule has 1 spiro atoms. The lowest BCUT2D eigenvalue weighted by Gasteiger charge is -2.37. The van der Waals surface area contributed by atoms with Crippen LogP contribution in [-0.2, 0) is 16.6 Å². The van der Waals surface area contributed by atoms with E-state index < -0.39 is 29.7 Å². The highest BCUT2D eigenvalue weighted by Crippen LogP contribution is 2.42. The Labute approximate surface area is 314 Å². The molecule has 1 aromatic heterocycles. The molecule has 3 aromatic rings. The number of halogens is 1. The summed E-state index contributed by atoms with van der Waals surface area (Å²) in [6.45, 7) is 4.51. The largest absolute Gasteiger partial charge is 0.379 e. The molecule has 0 bridgehead atoms. The van der Waals surface area contributed by atoms with Crippen LogP contribution in [0.4, 0.5) is 11.4 Å². The fraction of sp³-hybridized carbons (Fsp3) is 0.447. The van der Waals surface area contributed by atoms with Crippen LogP contribution in [0.25, 0.3) is 0 Å². The van der Waals surface area contributed by atoms with Crippen LogP contribution in [0.3, 0.4) is 0 Å². The number of nitrogens with one attached hydrogen (secondary N) is 2. The quantitative estimate of drug-likeness (QED) is 0.357. The van der Waals surface area contributed by atoms with E-state index in [9.17, 15) is 28.8 Å². The minimum atomic E-state index is -1.000. The maximum Gasteiger partial charge on any atom is 0.282 e. The Morgan fingerprint density at radius 2 is 1.70 bits per heavy atom. The van der Waals surface area contributed by atoms with Gasteiger partial charge < -0.3 is 20.0 Å². The summed E-state index contributed by atoms with van der Waals surface area (Å²) in [6.07, 6.45) is 4.50. The number of nitrogens with zero attached hydrogens (tertiary/aromatic N) is 6. The SMILES string of the molecule is CN1CC(Nc2cnn(C)c(=O)c2Br)CC(c2ccc(C(=O)N3CCC4(CCN(c5ccc6c(c5)C(=O)N(C5CCC(=O)NC5=O)C6=O)C4)C3)cc2)C1. The number of carbonyl (C=O) groups excluding carboxylic acids is 5. The van der Waals surface area contributed by atoms with Gasteiger partial charge in [0.2, 0.25) is 11.8 Å². The van der Waals surface area contributed by atoms with Gasteiger partial charge in [-0.05, 0) is 90.5 Å². The first-order valence-electron chi connectivity index (χ1n) is 18.1. The molecule has 276 valence electrons. The van der Waals surface area contributed by atoms with Gasteiger partial charge in [-0.15, -0.1) is 0 Å². The van der Waals surface area contributed by atoms with E-state index in [1.54, 1.807) is 25.4 Å². The predicted octanol–water partition coefficient (Wildman–Crippen LogP) is 2.59. The number of aromatic nitrogens is 2. The fourth-order valence-electron chi connectivity index (χ4n) is 8.83. The number of likely N-dealkylation sites (N-methyl/N-ethyl adjacent to an activating group) is 1. The smallest absolute Gasteiger partial charge is 0.282 e. The van der Waals surface area contributed by atoms with Gasteiger partial charge in [-0.2, -0.15) is 5.10 Å². The van der Waals surface area contributed by atoms with Gasteiger partial charge in [0.1, 0.15) is 10.5 Å². The summed E-state index contributed by atoms with van der Waals surface area (Å²) < 4.78 is 1.76. The third-order valence-electron chi connectivity index (χ3n) is 11.7. The van der Waals surface area contributed by atoms with Crippen molar-refractivity contribution >= 4 is 56.8 Å². The first-order valence-corrected chi connectivity index (χ1v) is 18.9. The van der Waals surface area contributed by atoms with Gasteiger partial charge in [-0.3, -0.25) is 39.0 Å². The highest BCUT2D eigenvalue weighted by Gasteiger charge is 2.47.